The third kappa shape index (κ3) is 10.6. The molecule has 1 atom stereocenters. The van der Waals surface area contributed by atoms with Gasteiger partial charge in [-0.3, -0.25) is 4.98 Å². The van der Waals surface area contributed by atoms with Gasteiger partial charge in [-0.15, -0.1) is 0 Å². The van der Waals surface area contributed by atoms with Gasteiger partial charge in [-0.05, 0) is 78.6 Å². The van der Waals surface area contributed by atoms with Gasteiger partial charge in [0.15, 0.2) is 11.6 Å². The maximum absolute atomic E-state index is 18.2. The van der Waals surface area contributed by atoms with Gasteiger partial charge in [0.2, 0.25) is 0 Å². The highest BCUT2D eigenvalue weighted by Crippen LogP contribution is 2.51. The van der Waals surface area contributed by atoms with Crippen molar-refractivity contribution in [1.29, 1.82) is 0 Å². The highest BCUT2D eigenvalue weighted by atomic mass is 35.5. The summed E-state index contributed by atoms with van der Waals surface area (Å²) in [4.78, 5) is 26.8. The smallest absolute Gasteiger partial charge is 0.418 e. The number of benzene rings is 4. The number of methoxy groups -OCH3 is 3. The number of imidazole rings is 1. The monoisotopic (exact) mass is 1020 g/mol. The van der Waals surface area contributed by atoms with Gasteiger partial charge in [-0.1, -0.05) is 48.0 Å². The lowest BCUT2D eigenvalue weighted by Crippen LogP contribution is -2.34. The van der Waals surface area contributed by atoms with Crippen molar-refractivity contribution < 1.29 is 41.2 Å². The fraction of sp³-hybridized carbons (Fsp3) is 0.264. The number of aryl methyl sites for hydroxylation is 2. The predicted molar refractivity (Wildman–Crippen MR) is 269 cm³/mol. The van der Waals surface area contributed by atoms with E-state index in [2.05, 4.69) is 20.6 Å². The first kappa shape index (κ1) is 49.9. The number of hydrogen-bond acceptors (Lipinski definition) is 14. The Morgan fingerprint density at radius 3 is 2.05 bits per heavy atom. The van der Waals surface area contributed by atoms with Gasteiger partial charge < -0.3 is 48.7 Å². The third-order valence-electron chi connectivity index (χ3n) is 12.5. The summed E-state index contributed by atoms with van der Waals surface area (Å²) in [5.74, 6) is 1.53. The Balaban J connectivity index is 1.17. The molecule has 2 aliphatic heterocycles. The summed E-state index contributed by atoms with van der Waals surface area (Å²) in [5.41, 5.74) is 0.393. The van der Waals surface area contributed by atoms with E-state index < -0.39 is 40.6 Å². The summed E-state index contributed by atoms with van der Waals surface area (Å²) < 4.78 is 95.5. The molecule has 4 aromatic carbocycles. The van der Waals surface area contributed by atoms with Crippen molar-refractivity contribution in [2.24, 2.45) is 12.0 Å². The van der Waals surface area contributed by atoms with Crippen LogP contribution in [-0.2, 0) is 44.0 Å². The topological polar surface area (TPSA) is 146 Å². The van der Waals surface area contributed by atoms with Crippen LogP contribution in [0.1, 0.15) is 57.9 Å². The van der Waals surface area contributed by atoms with Gasteiger partial charge in [0.1, 0.15) is 52.9 Å². The minimum Gasteiger partial charge on any atom is -0.497 e. The van der Waals surface area contributed by atoms with Crippen LogP contribution in [0.25, 0.3) is 11.3 Å². The number of ether oxygens (including phenoxy) is 5. The molecule has 0 saturated carbocycles. The Morgan fingerprint density at radius 2 is 1.47 bits per heavy atom. The Morgan fingerprint density at radius 1 is 0.849 bits per heavy atom. The van der Waals surface area contributed by atoms with E-state index in [4.69, 9.17) is 50.2 Å². The first-order valence-corrected chi connectivity index (χ1v) is 23.5. The van der Waals surface area contributed by atoms with E-state index in [0.29, 0.717) is 47.6 Å². The molecule has 0 aliphatic carbocycles. The number of aliphatic imine (C=N–C) groups is 1. The quantitative estimate of drug-likeness (QED) is 0.0787. The van der Waals surface area contributed by atoms with Crippen LogP contribution in [0.3, 0.4) is 0 Å². The van der Waals surface area contributed by atoms with Crippen LogP contribution < -0.4 is 34.5 Å². The van der Waals surface area contributed by atoms with Crippen LogP contribution in [0.5, 0.6) is 23.0 Å². The zero-order valence-electron chi connectivity index (χ0n) is 40.7. The van der Waals surface area contributed by atoms with Gasteiger partial charge in [-0.2, -0.15) is 13.2 Å². The van der Waals surface area contributed by atoms with Crippen molar-refractivity contribution in [2.75, 3.05) is 50.1 Å². The maximum atomic E-state index is 18.2. The Hall–Kier alpha value is -8.06. The van der Waals surface area contributed by atoms with E-state index in [9.17, 15) is 0 Å². The molecule has 20 heteroatoms. The van der Waals surface area contributed by atoms with Gasteiger partial charge in [0.05, 0.1) is 73.3 Å². The fourth-order valence-electron chi connectivity index (χ4n) is 8.71. The summed E-state index contributed by atoms with van der Waals surface area (Å²) in [7, 11) is 6.55. The molecule has 1 unspecified atom stereocenters. The number of nitrogens with zero attached hydrogens (tertiary/aromatic N) is 8. The lowest BCUT2D eigenvalue weighted by Gasteiger charge is -2.32. The number of aromatic nitrogens is 5. The van der Waals surface area contributed by atoms with E-state index in [1.807, 2.05) is 67.1 Å². The molecule has 15 nitrogen and oxygen atoms in total. The van der Waals surface area contributed by atoms with Crippen LogP contribution in [0.4, 0.5) is 34.9 Å². The molecule has 0 fully saturated rings. The number of rotatable bonds is 18. The zero-order valence-corrected chi connectivity index (χ0v) is 41.5. The van der Waals surface area contributed by atoms with Crippen molar-refractivity contribution in [3.8, 4) is 34.3 Å². The number of pyridine rings is 1. The summed E-state index contributed by atoms with van der Waals surface area (Å²) in [6.45, 7) is 3.88. The van der Waals surface area contributed by atoms with Crippen LogP contribution in [-0.4, -0.2) is 69.8 Å². The second-order valence-electron chi connectivity index (χ2n) is 17.1. The number of nitrogens with one attached hydrogen (secondary N) is 2. The minimum absolute atomic E-state index is 0.0208. The van der Waals surface area contributed by atoms with Crippen LogP contribution in [0, 0.1) is 12.7 Å². The standard InChI is InChI=1S/C53H51ClF4N10O5/c1-31-25-40(67(27-34-9-15-37(70-5)16-10-34)28-35-11-17-38(71-6)18-12-35)65-48(44(31)53(56,57)58)42-45(54)49-43-50(46(42)55)73-41(72-24-19-39-59-22-23-66(39)3)29-68(52(43)64-30-63-49)32(2)47-51(61-21-20-60-47)62-26-33-7-13-36(69-4)14-8-33/h7-18,20-23,25,29,32,63H,19,24,26-28,30H2,1-6H3,(H,61,62). The average Bonchev–Trinajstić information content (AvgIpc) is 3.73. The van der Waals surface area contributed by atoms with Crippen molar-refractivity contribution in [3.63, 3.8) is 0 Å². The van der Waals surface area contributed by atoms with Gasteiger partial charge >= 0.3 is 12.1 Å². The molecule has 378 valence electrons. The predicted octanol–water partition coefficient (Wildman–Crippen LogP) is 10.9. The van der Waals surface area contributed by atoms with Crippen molar-refractivity contribution in [3.05, 3.63) is 172 Å². The first-order valence-electron chi connectivity index (χ1n) is 23.1. The van der Waals surface area contributed by atoms with Crippen molar-refractivity contribution in [1.82, 2.24) is 29.4 Å². The molecule has 0 amide bonds. The Kier molecular flexibility index (Phi) is 14.6. The molecule has 0 radical (unpaired) electrons. The van der Waals surface area contributed by atoms with Gasteiger partial charge in [0.25, 0.3) is 0 Å². The molecule has 2 aliphatic rings. The molecule has 0 spiro atoms. The molecule has 0 saturated heterocycles. The van der Waals surface area contributed by atoms with Crippen molar-refractivity contribution in [2.45, 2.75) is 52.1 Å². The number of halogens is 5. The second kappa shape index (κ2) is 21.3. The highest BCUT2D eigenvalue weighted by Gasteiger charge is 2.42. The first-order chi connectivity index (χ1) is 35.2. The van der Waals surface area contributed by atoms with E-state index >= 15 is 17.6 Å². The molecule has 9 rings (SSSR count). The number of alkyl halides is 3. The fourth-order valence-corrected chi connectivity index (χ4v) is 9.04. The second-order valence-corrected chi connectivity index (χ2v) is 17.5. The summed E-state index contributed by atoms with van der Waals surface area (Å²) >= 11 is 7.27. The normalized spacial score (nSPS) is 13.4. The molecule has 7 aromatic rings. The minimum atomic E-state index is -5.01. The van der Waals surface area contributed by atoms with Gasteiger partial charge in [0, 0.05) is 57.9 Å². The summed E-state index contributed by atoms with van der Waals surface area (Å²) in [6, 6.07) is 22.8. The molecule has 0 bridgehead atoms. The third-order valence-corrected chi connectivity index (χ3v) is 12.9. The molecular formula is C53H51ClF4N10O5. The van der Waals surface area contributed by atoms with E-state index in [1.165, 1.54) is 19.2 Å². The van der Waals surface area contributed by atoms with Crippen LogP contribution in [0.15, 0.2) is 121 Å². The molecule has 73 heavy (non-hydrogen) atoms. The molecular weight excluding hydrogens is 968 g/mol. The highest BCUT2D eigenvalue weighted by molar-refractivity contribution is 6.37. The lowest BCUT2D eigenvalue weighted by atomic mass is 9.96. The Labute approximate surface area is 424 Å². The van der Waals surface area contributed by atoms with Crippen molar-refractivity contribution >= 4 is 34.8 Å². The van der Waals surface area contributed by atoms with Crippen LogP contribution >= 0.6 is 11.6 Å². The van der Waals surface area contributed by atoms with Gasteiger partial charge in [-0.25, -0.2) is 24.3 Å². The van der Waals surface area contributed by atoms with Crippen LogP contribution in [0.2, 0.25) is 5.02 Å². The maximum Gasteiger partial charge on any atom is 0.418 e. The molecule has 2 N–H and O–H groups in total. The number of hydrogen-bond donors (Lipinski definition) is 2. The average molecular weight is 1020 g/mol. The SMILES string of the molecule is COc1ccc(CNc2nccnc2C(C)N2C=C(OCCc3nccn3C)Oc3c(F)c(-c4nc(N(Cc5ccc(OC)cc5)Cc5ccc(OC)cc5)cc(C)c4C(F)(F)F)c(Cl)c4c3C2=NCN4)cc1. The summed E-state index contributed by atoms with van der Waals surface area (Å²) in [6.07, 6.45) is 3.40. The van der Waals surface area contributed by atoms with E-state index in [1.54, 1.807) is 80.2 Å². The number of amidine groups is 1. The van der Waals surface area contributed by atoms with E-state index in [0.717, 1.165) is 16.7 Å². The number of anilines is 3. The summed E-state index contributed by atoms with van der Waals surface area (Å²) in [5, 5.41) is 6.13. The zero-order chi connectivity index (χ0) is 51.4. The largest absolute Gasteiger partial charge is 0.497 e. The molecule has 3 aromatic heterocycles. The van der Waals surface area contributed by atoms with E-state index in [-0.39, 0.29) is 65.8 Å². The molecule has 5 heterocycles. The lowest BCUT2D eigenvalue weighted by molar-refractivity contribution is -0.137. The Bertz CT molecular complexity index is 3120.